The topological polar surface area (TPSA) is 102 Å². The number of hydrogen-bond donors (Lipinski definition) is 1. The lowest BCUT2D eigenvalue weighted by atomic mass is 9.97. The van der Waals surface area contributed by atoms with Gasteiger partial charge >= 0.3 is 0 Å². The summed E-state index contributed by atoms with van der Waals surface area (Å²) in [6.07, 6.45) is 4.41. The van der Waals surface area contributed by atoms with E-state index in [1.165, 1.54) is 9.87 Å². The molecule has 2 aromatic carbocycles. The van der Waals surface area contributed by atoms with E-state index in [1.54, 1.807) is 25.1 Å². The first-order valence-electron chi connectivity index (χ1n) is 12.9. The van der Waals surface area contributed by atoms with Gasteiger partial charge in [0.05, 0.1) is 6.61 Å². The van der Waals surface area contributed by atoms with Gasteiger partial charge in [0.2, 0.25) is 15.9 Å². The summed E-state index contributed by atoms with van der Waals surface area (Å²) in [5, 5.41) is 6.88. The molecule has 8 nitrogen and oxygen atoms in total. The standard InChI is InChI=1S/C29H35N3O5S/c1-6-36-25-9-7-24(8-10-25)30-29(33)23-13-15-32(16-14-23)38(34,35)28-22(5)31-37-27(28)12-11-26-20(3)17-19(2)18-21(26)4/h7-12,17-18,23H,6,13-16H2,1-5H3,(H,30,33)/b12-11+. The fourth-order valence-corrected chi connectivity index (χ4v) is 6.66. The second-order valence-electron chi connectivity index (χ2n) is 9.73. The molecule has 1 fully saturated rings. The van der Waals surface area contributed by atoms with Crippen LogP contribution in [0, 0.1) is 33.6 Å². The van der Waals surface area contributed by atoms with Crippen molar-refractivity contribution in [1.29, 1.82) is 0 Å². The van der Waals surface area contributed by atoms with Gasteiger partial charge in [0.1, 0.15) is 11.4 Å². The summed E-state index contributed by atoms with van der Waals surface area (Å²) in [5.41, 5.74) is 5.40. The number of piperidine rings is 1. The van der Waals surface area contributed by atoms with Gasteiger partial charge in [0.25, 0.3) is 0 Å². The van der Waals surface area contributed by atoms with Gasteiger partial charge in [0.15, 0.2) is 10.7 Å². The van der Waals surface area contributed by atoms with Gasteiger partial charge < -0.3 is 14.6 Å². The molecule has 0 saturated carbocycles. The number of nitrogens with one attached hydrogen (secondary N) is 1. The van der Waals surface area contributed by atoms with Gasteiger partial charge in [-0.05, 0) is 94.5 Å². The number of sulfonamides is 1. The summed E-state index contributed by atoms with van der Waals surface area (Å²) in [6.45, 7) is 10.7. The Morgan fingerprint density at radius 1 is 1.08 bits per heavy atom. The third-order valence-electron chi connectivity index (χ3n) is 6.83. The first kappa shape index (κ1) is 27.6. The Labute approximate surface area is 224 Å². The Kier molecular flexibility index (Phi) is 8.38. The minimum atomic E-state index is -3.85. The quantitative estimate of drug-likeness (QED) is 0.406. The van der Waals surface area contributed by atoms with Crippen LogP contribution in [0.25, 0.3) is 12.2 Å². The number of ether oxygens (including phenoxy) is 1. The molecule has 1 aliphatic rings. The number of carbonyl (C=O) groups is 1. The van der Waals surface area contributed by atoms with Crippen molar-refractivity contribution in [3.63, 3.8) is 0 Å². The number of aromatic nitrogens is 1. The molecule has 38 heavy (non-hydrogen) atoms. The molecular formula is C29H35N3O5S. The summed E-state index contributed by atoms with van der Waals surface area (Å²) < 4.78 is 39.5. The average Bonchev–Trinajstić information content (AvgIpc) is 3.25. The highest BCUT2D eigenvalue weighted by atomic mass is 32.2. The third-order valence-corrected chi connectivity index (χ3v) is 8.89. The van der Waals surface area contributed by atoms with E-state index in [9.17, 15) is 13.2 Å². The maximum atomic E-state index is 13.6. The minimum Gasteiger partial charge on any atom is -0.494 e. The number of rotatable bonds is 8. The summed E-state index contributed by atoms with van der Waals surface area (Å²) >= 11 is 0. The fourth-order valence-electron chi connectivity index (χ4n) is 4.94. The van der Waals surface area contributed by atoms with Crippen LogP contribution in [0.4, 0.5) is 5.69 Å². The molecule has 4 rings (SSSR count). The number of nitrogens with zero attached hydrogens (tertiary/aromatic N) is 2. The van der Waals surface area contributed by atoms with Gasteiger partial charge in [-0.25, -0.2) is 8.42 Å². The van der Waals surface area contributed by atoms with Crippen molar-refractivity contribution in [3.8, 4) is 5.75 Å². The zero-order valence-corrected chi connectivity index (χ0v) is 23.4. The Hall–Kier alpha value is -3.43. The van der Waals surface area contributed by atoms with E-state index in [2.05, 4.69) is 22.6 Å². The van der Waals surface area contributed by atoms with Gasteiger partial charge in [0, 0.05) is 24.7 Å². The lowest BCUT2D eigenvalue weighted by Crippen LogP contribution is -2.41. The summed E-state index contributed by atoms with van der Waals surface area (Å²) in [4.78, 5) is 12.9. The molecule has 0 aliphatic carbocycles. The molecular weight excluding hydrogens is 502 g/mol. The van der Waals surface area contributed by atoms with Crippen molar-refractivity contribution in [3.05, 3.63) is 70.1 Å². The molecule has 0 bridgehead atoms. The molecule has 202 valence electrons. The SMILES string of the molecule is CCOc1ccc(NC(=O)C2CCN(S(=O)(=O)c3c(C)noc3/C=C/c3c(C)cc(C)cc3C)CC2)cc1. The number of anilines is 1. The molecule has 0 atom stereocenters. The lowest BCUT2D eigenvalue weighted by Gasteiger charge is -2.30. The molecule has 3 aromatic rings. The zero-order chi connectivity index (χ0) is 27.4. The predicted octanol–water partition coefficient (Wildman–Crippen LogP) is 5.52. The molecule has 1 saturated heterocycles. The second kappa shape index (κ2) is 11.5. The highest BCUT2D eigenvalue weighted by Gasteiger charge is 2.36. The maximum absolute atomic E-state index is 13.6. The summed E-state index contributed by atoms with van der Waals surface area (Å²) in [6, 6.07) is 11.4. The largest absolute Gasteiger partial charge is 0.494 e. The van der Waals surface area contributed by atoms with Gasteiger partial charge in [-0.3, -0.25) is 4.79 Å². The fraction of sp³-hybridized carbons (Fsp3) is 0.379. The van der Waals surface area contributed by atoms with E-state index in [1.807, 2.05) is 45.9 Å². The Bertz CT molecular complexity index is 1410. The van der Waals surface area contributed by atoms with Crippen molar-refractivity contribution in [2.75, 3.05) is 25.0 Å². The predicted molar refractivity (Wildman–Crippen MR) is 149 cm³/mol. The van der Waals surface area contributed by atoms with Crippen molar-refractivity contribution in [2.24, 2.45) is 5.92 Å². The van der Waals surface area contributed by atoms with Gasteiger partial charge in [-0.15, -0.1) is 0 Å². The molecule has 1 N–H and O–H groups in total. The molecule has 1 aliphatic heterocycles. The van der Waals surface area contributed by atoms with Crippen LogP contribution in [0.2, 0.25) is 0 Å². The van der Waals surface area contributed by atoms with E-state index in [-0.39, 0.29) is 35.6 Å². The highest BCUT2D eigenvalue weighted by molar-refractivity contribution is 7.89. The molecule has 1 amide bonds. The number of amides is 1. The van der Waals surface area contributed by atoms with Crippen LogP contribution >= 0.6 is 0 Å². The number of benzene rings is 2. The first-order chi connectivity index (χ1) is 18.1. The monoisotopic (exact) mass is 537 g/mol. The van der Waals surface area contributed by atoms with Crippen LogP contribution in [-0.2, 0) is 14.8 Å². The zero-order valence-electron chi connectivity index (χ0n) is 22.6. The van der Waals surface area contributed by atoms with Crippen LogP contribution in [0.15, 0.2) is 45.8 Å². The average molecular weight is 538 g/mol. The summed E-state index contributed by atoms with van der Waals surface area (Å²) in [5.74, 6) is 0.562. The second-order valence-corrected chi connectivity index (χ2v) is 11.6. The molecule has 0 radical (unpaired) electrons. The Morgan fingerprint density at radius 3 is 2.32 bits per heavy atom. The first-order valence-corrected chi connectivity index (χ1v) is 14.3. The lowest BCUT2D eigenvalue weighted by molar-refractivity contribution is -0.120. The summed E-state index contributed by atoms with van der Waals surface area (Å²) in [7, 11) is -3.85. The van der Waals surface area contributed by atoms with Crippen LogP contribution in [0.5, 0.6) is 5.75 Å². The van der Waals surface area contributed by atoms with Gasteiger partial charge in [-0.1, -0.05) is 28.9 Å². The van der Waals surface area contributed by atoms with Gasteiger partial charge in [-0.2, -0.15) is 4.31 Å². The van der Waals surface area contributed by atoms with Crippen LogP contribution in [-0.4, -0.2) is 43.5 Å². The van der Waals surface area contributed by atoms with E-state index in [4.69, 9.17) is 9.26 Å². The van der Waals surface area contributed by atoms with E-state index in [0.717, 1.165) is 22.4 Å². The normalized spacial score (nSPS) is 15.2. The number of carbonyl (C=O) groups excluding carboxylic acids is 1. The highest BCUT2D eigenvalue weighted by Crippen LogP contribution is 2.30. The third kappa shape index (κ3) is 6.00. The van der Waals surface area contributed by atoms with Crippen LogP contribution < -0.4 is 10.1 Å². The van der Waals surface area contributed by atoms with E-state index >= 15 is 0 Å². The van der Waals surface area contributed by atoms with Crippen LogP contribution in [0.3, 0.4) is 0 Å². The van der Waals surface area contributed by atoms with E-state index in [0.29, 0.717) is 30.8 Å². The Morgan fingerprint density at radius 2 is 1.71 bits per heavy atom. The molecule has 0 unspecified atom stereocenters. The number of aryl methyl sites for hydroxylation is 4. The number of hydrogen-bond acceptors (Lipinski definition) is 6. The smallest absolute Gasteiger partial charge is 0.248 e. The molecule has 1 aromatic heterocycles. The van der Waals surface area contributed by atoms with Crippen LogP contribution in [0.1, 0.15) is 53.5 Å². The van der Waals surface area contributed by atoms with E-state index < -0.39 is 10.0 Å². The van der Waals surface area contributed by atoms with Crippen molar-refractivity contribution >= 4 is 33.8 Å². The molecule has 2 heterocycles. The van der Waals surface area contributed by atoms with Crippen molar-refractivity contribution in [2.45, 2.75) is 52.4 Å². The molecule has 0 spiro atoms. The minimum absolute atomic E-state index is 0.0773. The van der Waals surface area contributed by atoms with Crippen molar-refractivity contribution < 1.29 is 22.5 Å². The molecule has 9 heteroatoms. The Balaban J connectivity index is 1.44. The van der Waals surface area contributed by atoms with Crippen molar-refractivity contribution in [1.82, 2.24) is 9.46 Å². The maximum Gasteiger partial charge on any atom is 0.248 e.